The first-order valence-corrected chi connectivity index (χ1v) is 7.53. The SMILES string of the molecule is C[C@H]1CCN(C(=O)n2nnn(-c3c(Cl)cccc3Cl)c2=O)C1. The minimum Gasteiger partial charge on any atom is -0.322 e. The molecule has 2 aromatic rings. The molecule has 1 saturated heterocycles. The lowest BCUT2D eigenvalue weighted by Gasteiger charge is -2.13. The van der Waals surface area contributed by atoms with E-state index in [9.17, 15) is 9.59 Å². The van der Waals surface area contributed by atoms with Gasteiger partial charge in [-0.05, 0) is 34.9 Å². The molecule has 0 bridgehead atoms. The number of rotatable bonds is 1. The lowest BCUT2D eigenvalue weighted by Crippen LogP contribution is -2.39. The third-order valence-electron chi connectivity index (χ3n) is 3.61. The fraction of sp³-hybridized carbons (Fsp3) is 0.385. The molecule has 1 amide bonds. The maximum Gasteiger partial charge on any atom is 0.377 e. The van der Waals surface area contributed by atoms with Crippen LogP contribution in [0.5, 0.6) is 0 Å². The number of aromatic nitrogens is 4. The summed E-state index contributed by atoms with van der Waals surface area (Å²) in [6, 6.07) is 4.33. The number of hydrogen-bond acceptors (Lipinski definition) is 4. The second-order valence-corrected chi connectivity index (χ2v) is 6.09. The predicted octanol–water partition coefficient (Wildman–Crippen LogP) is 2.05. The number of nitrogens with zero attached hydrogens (tertiary/aromatic N) is 5. The molecule has 1 aromatic heterocycles. The van der Waals surface area contributed by atoms with Gasteiger partial charge >= 0.3 is 11.7 Å². The van der Waals surface area contributed by atoms with Gasteiger partial charge in [0.05, 0.1) is 10.0 Å². The highest BCUT2D eigenvalue weighted by Gasteiger charge is 2.27. The van der Waals surface area contributed by atoms with Gasteiger partial charge in [0.1, 0.15) is 5.69 Å². The molecule has 1 atom stereocenters. The highest BCUT2D eigenvalue weighted by Crippen LogP contribution is 2.26. The van der Waals surface area contributed by atoms with Crippen LogP contribution in [-0.4, -0.2) is 43.8 Å². The van der Waals surface area contributed by atoms with E-state index >= 15 is 0 Å². The summed E-state index contributed by atoms with van der Waals surface area (Å²) in [6.45, 7) is 3.26. The van der Waals surface area contributed by atoms with Gasteiger partial charge in [-0.2, -0.15) is 4.68 Å². The molecule has 1 aliphatic rings. The summed E-state index contributed by atoms with van der Waals surface area (Å²) in [5.41, 5.74) is -0.482. The molecule has 1 aliphatic heterocycles. The van der Waals surface area contributed by atoms with E-state index in [0.717, 1.165) is 15.8 Å². The van der Waals surface area contributed by atoms with Crippen molar-refractivity contribution in [1.82, 2.24) is 24.7 Å². The van der Waals surface area contributed by atoms with Crippen LogP contribution in [0, 0.1) is 5.92 Å². The zero-order chi connectivity index (χ0) is 15.9. The number of amides is 1. The number of likely N-dealkylation sites (tertiary alicyclic amines) is 1. The average molecular weight is 342 g/mol. The molecule has 7 nitrogen and oxygen atoms in total. The van der Waals surface area contributed by atoms with Gasteiger partial charge in [-0.3, -0.25) is 0 Å². The van der Waals surface area contributed by atoms with E-state index in [0.29, 0.717) is 19.0 Å². The lowest BCUT2D eigenvalue weighted by atomic mass is 10.2. The standard InChI is InChI=1S/C13H13Cl2N5O2/c1-8-5-6-18(7-8)12(21)20-13(22)19(16-17-20)11-9(14)3-2-4-10(11)15/h2-4,8H,5-7H2,1H3/t8-/m0/s1. The van der Waals surface area contributed by atoms with Crippen LogP contribution in [0.1, 0.15) is 13.3 Å². The number of carbonyl (C=O) groups excluding carboxylic acids is 1. The number of halogens is 2. The van der Waals surface area contributed by atoms with E-state index in [4.69, 9.17) is 23.2 Å². The average Bonchev–Trinajstić information content (AvgIpc) is 3.05. The first kappa shape index (κ1) is 15.1. The maximum atomic E-state index is 12.4. The zero-order valence-electron chi connectivity index (χ0n) is 11.7. The van der Waals surface area contributed by atoms with Crippen LogP contribution in [0.25, 0.3) is 5.69 Å². The first-order chi connectivity index (χ1) is 10.5. The smallest absolute Gasteiger partial charge is 0.322 e. The van der Waals surface area contributed by atoms with Gasteiger partial charge in [-0.15, -0.1) is 4.68 Å². The van der Waals surface area contributed by atoms with Crippen molar-refractivity contribution < 1.29 is 4.79 Å². The van der Waals surface area contributed by atoms with E-state index in [-0.39, 0.29) is 15.7 Å². The Bertz CT molecular complexity index is 765. The molecular weight excluding hydrogens is 329 g/mol. The topological polar surface area (TPSA) is 73.0 Å². The van der Waals surface area contributed by atoms with E-state index in [1.54, 1.807) is 23.1 Å². The largest absolute Gasteiger partial charge is 0.377 e. The van der Waals surface area contributed by atoms with Crippen LogP contribution in [0.15, 0.2) is 23.0 Å². The predicted molar refractivity (Wildman–Crippen MR) is 81.8 cm³/mol. The summed E-state index contributed by atoms with van der Waals surface area (Å²) in [6.07, 6.45) is 0.908. The minimum atomic E-state index is -0.695. The van der Waals surface area contributed by atoms with Crippen LogP contribution in [-0.2, 0) is 0 Å². The highest BCUT2D eigenvalue weighted by atomic mass is 35.5. The van der Waals surface area contributed by atoms with Crippen molar-refractivity contribution in [2.45, 2.75) is 13.3 Å². The molecule has 0 spiro atoms. The van der Waals surface area contributed by atoms with Crippen molar-refractivity contribution in [3.8, 4) is 5.69 Å². The van der Waals surface area contributed by atoms with Crippen molar-refractivity contribution >= 4 is 29.2 Å². The Hall–Kier alpha value is -1.86. The molecule has 22 heavy (non-hydrogen) atoms. The third-order valence-corrected chi connectivity index (χ3v) is 4.22. The first-order valence-electron chi connectivity index (χ1n) is 6.77. The summed E-state index contributed by atoms with van der Waals surface area (Å²) in [5.74, 6) is 0.410. The van der Waals surface area contributed by atoms with Crippen LogP contribution in [0.3, 0.4) is 0 Å². The normalized spacial score (nSPS) is 18.0. The molecule has 116 valence electrons. The van der Waals surface area contributed by atoms with Crippen LogP contribution < -0.4 is 5.69 Å². The number of para-hydroxylation sites is 1. The Kier molecular flexibility index (Phi) is 3.92. The Balaban J connectivity index is 1.99. The van der Waals surface area contributed by atoms with E-state index in [2.05, 4.69) is 17.4 Å². The minimum absolute atomic E-state index is 0.213. The Morgan fingerprint density at radius 3 is 2.55 bits per heavy atom. The number of benzene rings is 1. The molecule has 0 radical (unpaired) electrons. The molecule has 0 aliphatic carbocycles. The molecular formula is C13H13Cl2N5O2. The van der Waals surface area contributed by atoms with E-state index < -0.39 is 11.7 Å². The monoisotopic (exact) mass is 341 g/mol. The van der Waals surface area contributed by atoms with E-state index in [1.165, 1.54) is 0 Å². The maximum absolute atomic E-state index is 12.4. The van der Waals surface area contributed by atoms with Crippen molar-refractivity contribution in [3.05, 3.63) is 38.7 Å². The fourth-order valence-electron chi connectivity index (χ4n) is 2.44. The van der Waals surface area contributed by atoms with Crippen LogP contribution in [0.4, 0.5) is 4.79 Å². The zero-order valence-corrected chi connectivity index (χ0v) is 13.3. The Labute approximate surface area is 136 Å². The van der Waals surface area contributed by atoms with Gasteiger partial charge in [0.15, 0.2) is 0 Å². The van der Waals surface area contributed by atoms with Gasteiger partial charge in [0.25, 0.3) is 0 Å². The van der Waals surface area contributed by atoms with Crippen molar-refractivity contribution in [2.75, 3.05) is 13.1 Å². The molecule has 9 heteroatoms. The third kappa shape index (κ3) is 2.50. The fourth-order valence-corrected chi connectivity index (χ4v) is 3.00. The molecule has 1 fully saturated rings. The van der Waals surface area contributed by atoms with Gasteiger partial charge in [-0.1, -0.05) is 36.2 Å². The Morgan fingerprint density at radius 1 is 1.27 bits per heavy atom. The second kappa shape index (κ2) is 5.73. The summed E-state index contributed by atoms with van der Waals surface area (Å²) < 4.78 is 1.67. The summed E-state index contributed by atoms with van der Waals surface area (Å²) >= 11 is 12.1. The Morgan fingerprint density at radius 2 is 1.95 bits per heavy atom. The van der Waals surface area contributed by atoms with Crippen molar-refractivity contribution in [1.29, 1.82) is 0 Å². The van der Waals surface area contributed by atoms with Crippen LogP contribution in [0.2, 0.25) is 10.0 Å². The van der Waals surface area contributed by atoms with Gasteiger partial charge in [-0.25, -0.2) is 9.59 Å². The van der Waals surface area contributed by atoms with Crippen LogP contribution >= 0.6 is 23.2 Å². The van der Waals surface area contributed by atoms with Gasteiger partial charge in [0.2, 0.25) is 0 Å². The second-order valence-electron chi connectivity index (χ2n) is 5.28. The molecule has 3 rings (SSSR count). The molecule has 0 saturated carbocycles. The molecule has 0 N–H and O–H groups in total. The number of carbonyl (C=O) groups is 1. The quantitative estimate of drug-likeness (QED) is 0.744. The van der Waals surface area contributed by atoms with Crippen molar-refractivity contribution in [3.63, 3.8) is 0 Å². The van der Waals surface area contributed by atoms with Gasteiger partial charge in [0, 0.05) is 13.1 Å². The summed E-state index contributed by atoms with van der Waals surface area (Å²) in [7, 11) is 0. The molecule has 1 aromatic carbocycles. The molecule has 2 heterocycles. The number of hydrogen-bond donors (Lipinski definition) is 0. The molecule has 0 unspecified atom stereocenters. The lowest BCUT2D eigenvalue weighted by molar-refractivity contribution is 0.204. The van der Waals surface area contributed by atoms with E-state index in [1.807, 2.05) is 0 Å². The summed E-state index contributed by atoms with van der Waals surface area (Å²) in [5, 5.41) is 7.88. The summed E-state index contributed by atoms with van der Waals surface area (Å²) in [4.78, 5) is 26.3. The van der Waals surface area contributed by atoms with Gasteiger partial charge < -0.3 is 4.90 Å². The highest BCUT2D eigenvalue weighted by molar-refractivity contribution is 6.37. The van der Waals surface area contributed by atoms with Crippen molar-refractivity contribution in [2.24, 2.45) is 5.92 Å². The number of tetrazole rings is 1.